The summed E-state index contributed by atoms with van der Waals surface area (Å²) in [7, 11) is 0. The van der Waals surface area contributed by atoms with E-state index >= 15 is 0 Å². The summed E-state index contributed by atoms with van der Waals surface area (Å²) in [5.74, 6) is 2.45. The van der Waals surface area contributed by atoms with Gasteiger partial charge in [0.1, 0.15) is 11.6 Å². The van der Waals surface area contributed by atoms with E-state index in [1.165, 1.54) is 11.3 Å². The van der Waals surface area contributed by atoms with Gasteiger partial charge in [-0.05, 0) is 55.8 Å². The van der Waals surface area contributed by atoms with Gasteiger partial charge < -0.3 is 20.0 Å². The van der Waals surface area contributed by atoms with Crippen LogP contribution in [0.3, 0.4) is 0 Å². The number of hydrogen-bond acceptors (Lipinski definition) is 8. The summed E-state index contributed by atoms with van der Waals surface area (Å²) in [6, 6.07) is 24.4. The van der Waals surface area contributed by atoms with E-state index in [0.717, 1.165) is 41.3 Å². The van der Waals surface area contributed by atoms with Crippen LogP contribution in [-0.4, -0.2) is 65.0 Å². The van der Waals surface area contributed by atoms with Crippen LogP contribution in [0.15, 0.2) is 90.3 Å². The van der Waals surface area contributed by atoms with E-state index in [2.05, 4.69) is 82.5 Å². The number of nitrogens with one attached hydrogen (secondary N) is 1. The lowest BCUT2D eigenvalue weighted by Gasteiger charge is -2.35. The van der Waals surface area contributed by atoms with Crippen molar-refractivity contribution in [1.29, 1.82) is 0 Å². The molecule has 1 aliphatic rings. The lowest BCUT2D eigenvalue weighted by Crippen LogP contribution is -2.49. The van der Waals surface area contributed by atoms with Gasteiger partial charge in [0, 0.05) is 80.4 Å². The number of thioether (sulfide) groups is 1. The molecule has 0 atom stereocenters. The predicted molar refractivity (Wildman–Crippen MR) is 164 cm³/mol. The van der Waals surface area contributed by atoms with Crippen LogP contribution in [0.1, 0.15) is 29.8 Å². The maximum atomic E-state index is 12.9. The monoisotopic (exact) mass is 553 g/mol. The highest BCUT2D eigenvalue weighted by molar-refractivity contribution is 7.98. The Balaban J connectivity index is 1.32. The molecule has 1 saturated heterocycles. The van der Waals surface area contributed by atoms with Crippen LogP contribution in [0, 0.1) is 0 Å². The third-order valence-corrected chi connectivity index (χ3v) is 7.91. The molecule has 1 amide bonds. The van der Waals surface area contributed by atoms with E-state index in [4.69, 9.17) is 9.97 Å². The number of piperazine rings is 1. The van der Waals surface area contributed by atoms with E-state index in [1.807, 2.05) is 17.0 Å². The summed E-state index contributed by atoms with van der Waals surface area (Å²) < 4.78 is 0. The van der Waals surface area contributed by atoms with Crippen molar-refractivity contribution in [3.63, 3.8) is 0 Å². The quantitative estimate of drug-likeness (QED) is 0.198. The van der Waals surface area contributed by atoms with Crippen molar-refractivity contribution < 1.29 is 4.79 Å². The first-order valence-electron chi connectivity index (χ1n) is 13.7. The van der Waals surface area contributed by atoms with Crippen molar-refractivity contribution in [2.75, 3.05) is 54.4 Å². The van der Waals surface area contributed by atoms with Crippen molar-refractivity contribution in [2.45, 2.75) is 24.8 Å². The minimum atomic E-state index is 0.0411. The predicted octanol–water partition coefficient (Wildman–Crippen LogP) is 5.72. The first-order chi connectivity index (χ1) is 19.6. The molecule has 1 N–H and O–H groups in total. The summed E-state index contributed by atoms with van der Waals surface area (Å²) in [5.41, 5.74) is 4.08. The molecule has 0 radical (unpaired) electrons. The van der Waals surface area contributed by atoms with E-state index in [-0.39, 0.29) is 5.91 Å². The molecule has 9 heteroatoms. The zero-order valence-corrected chi connectivity index (χ0v) is 23.8. The number of carbonyl (C=O) groups is 1. The van der Waals surface area contributed by atoms with Crippen LogP contribution in [0.5, 0.6) is 0 Å². The van der Waals surface area contributed by atoms with Gasteiger partial charge in [0.15, 0.2) is 5.16 Å². The molecule has 0 unspecified atom stereocenters. The number of hydrogen-bond donors (Lipinski definition) is 1. The number of anilines is 4. The molecule has 206 valence electrons. The van der Waals surface area contributed by atoms with Crippen molar-refractivity contribution in [2.24, 2.45) is 0 Å². The highest BCUT2D eigenvalue weighted by Gasteiger charge is 2.24. The summed E-state index contributed by atoms with van der Waals surface area (Å²) in [4.78, 5) is 33.2. The second kappa shape index (κ2) is 13.3. The average molecular weight is 554 g/mol. The van der Waals surface area contributed by atoms with Crippen molar-refractivity contribution in [3.05, 3.63) is 96.3 Å². The minimum Gasteiger partial charge on any atom is -0.372 e. The molecule has 8 nitrogen and oxygen atoms in total. The number of rotatable bonds is 10. The van der Waals surface area contributed by atoms with Crippen molar-refractivity contribution in [3.8, 4) is 0 Å². The van der Waals surface area contributed by atoms with Crippen LogP contribution in [0.4, 0.5) is 23.0 Å². The molecule has 0 spiro atoms. The molecule has 2 aromatic heterocycles. The third-order valence-electron chi connectivity index (χ3n) is 6.99. The highest BCUT2D eigenvalue weighted by atomic mass is 32.2. The Morgan fingerprint density at radius 1 is 0.900 bits per heavy atom. The Morgan fingerprint density at radius 2 is 1.60 bits per heavy atom. The van der Waals surface area contributed by atoms with Gasteiger partial charge in [0.2, 0.25) is 0 Å². The number of nitrogens with zero attached hydrogens (tertiary/aromatic N) is 6. The standard InChI is InChI=1S/C31H35N7OS/c1-3-36(4-2)27-12-10-26(11-13-27)33-28-22-29(35-31(34-28)40-23-24-8-6-5-7-9-24)37-18-20-38(21-19-37)30(39)25-14-16-32-17-15-25/h5-17,22H,3-4,18-21,23H2,1-2H3,(H,33,34,35). The van der Waals surface area contributed by atoms with Crippen LogP contribution in [-0.2, 0) is 5.75 Å². The van der Waals surface area contributed by atoms with Crippen LogP contribution < -0.4 is 15.1 Å². The van der Waals surface area contributed by atoms with Crippen LogP contribution in [0.2, 0.25) is 0 Å². The van der Waals surface area contributed by atoms with E-state index in [0.29, 0.717) is 31.7 Å². The van der Waals surface area contributed by atoms with Gasteiger partial charge in [0.05, 0.1) is 0 Å². The normalized spacial score (nSPS) is 13.2. The number of carbonyl (C=O) groups excluding carboxylic acids is 1. The van der Waals surface area contributed by atoms with Gasteiger partial charge >= 0.3 is 0 Å². The van der Waals surface area contributed by atoms with E-state index in [1.54, 1.807) is 36.3 Å². The van der Waals surface area contributed by atoms with Gasteiger partial charge in [-0.1, -0.05) is 42.1 Å². The molecule has 2 aromatic carbocycles. The molecule has 0 aliphatic carbocycles. The largest absolute Gasteiger partial charge is 0.372 e. The fourth-order valence-corrected chi connectivity index (χ4v) is 5.54. The van der Waals surface area contributed by atoms with Crippen molar-refractivity contribution >= 4 is 40.7 Å². The average Bonchev–Trinajstić information content (AvgIpc) is 3.02. The van der Waals surface area contributed by atoms with E-state index < -0.39 is 0 Å². The number of amides is 1. The fraction of sp³-hybridized carbons (Fsp3) is 0.290. The zero-order chi connectivity index (χ0) is 27.7. The maximum Gasteiger partial charge on any atom is 0.254 e. The van der Waals surface area contributed by atoms with Gasteiger partial charge in [-0.15, -0.1) is 0 Å². The molecular weight excluding hydrogens is 518 g/mol. The van der Waals surface area contributed by atoms with Gasteiger partial charge in [-0.3, -0.25) is 9.78 Å². The molecule has 1 fully saturated rings. The maximum absolute atomic E-state index is 12.9. The Bertz CT molecular complexity index is 1370. The Labute approximate surface area is 240 Å². The summed E-state index contributed by atoms with van der Waals surface area (Å²) in [5, 5.41) is 4.21. The Morgan fingerprint density at radius 3 is 2.27 bits per heavy atom. The molecule has 40 heavy (non-hydrogen) atoms. The topological polar surface area (TPSA) is 77.5 Å². The first-order valence-corrected chi connectivity index (χ1v) is 14.7. The molecule has 4 aromatic rings. The lowest BCUT2D eigenvalue weighted by molar-refractivity contribution is 0.0746. The number of pyridine rings is 1. The molecule has 1 aliphatic heterocycles. The number of aromatic nitrogens is 3. The molecule has 5 rings (SSSR count). The molecule has 0 saturated carbocycles. The zero-order valence-electron chi connectivity index (χ0n) is 23.0. The highest BCUT2D eigenvalue weighted by Crippen LogP contribution is 2.28. The van der Waals surface area contributed by atoms with Crippen LogP contribution in [0.25, 0.3) is 0 Å². The van der Waals surface area contributed by atoms with Crippen molar-refractivity contribution in [1.82, 2.24) is 19.9 Å². The Hall–Kier alpha value is -4.11. The lowest BCUT2D eigenvalue weighted by atomic mass is 10.2. The van der Waals surface area contributed by atoms with Gasteiger partial charge in [-0.25, -0.2) is 9.97 Å². The van der Waals surface area contributed by atoms with Gasteiger partial charge in [0.25, 0.3) is 5.91 Å². The minimum absolute atomic E-state index is 0.0411. The summed E-state index contributed by atoms with van der Waals surface area (Å²) in [6.45, 7) is 8.96. The summed E-state index contributed by atoms with van der Waals surface area (Å²) in [6.07, 6.45) is 3.31. The smallest absolute Gasteiger partial charge is 0.254 e. The Kier molecular flexibility index (Phi) is 9.13. The molecule has 0 bridgehead atoms. The molecular formula is C31H35N7OS. The number of benzene rings is 2. The third kappa shape index (κ3) is 6.90. The second-order valence-corrected chi connectivity index (χ2v) is 10.5. The second-order valence-electron chi connectivity index (χ2n) is 9.53. The first kappa shape index (κ1) is 27.5. The molecule has 3 heterocycles. The fourth-order valence-electron chi connectivity index (χ4n) is 4.73. The van der Waals surface area contributed by atoms with E-state index in [9.17, 15) is 4.79 Å². The van der Waals surface area contributed by atoms with Gasteiger partial charge in [-0.2, -0.15) is 0 Å². The van der Waals surface area contributed by atoms with Crippen LogP contribution >= 0.6 is 11.8 Å². The summed E-state index contributed by atoms with van der Waals surface area (Å²) >= 11 is 1.63. The SMILES string of the molecule is CCN(CC)c1ccc(Nc2cc(N3CCN(C(=O)c4ccncc4)CC3)nc(SCc3ccccc3)n2)cc1.